The highest BCUT2D eigenvalue weighted by Gasteiger charge is 2.24. The molecule has 1 N–H and O–H groups in total. The van der Waals surface area contributed by atoms with Crippen molar-refractivity contribution in [2.75, 3.05) is 13.1 Å². The molecule has 1 saturated heterocycles. The first-order valence-corrected chi connectivity index (χ1v) is 7.67. The van der Waals surface area contributed by atoms with Gasteiger partial charge in [-0.25, -0.2) is 0 Å². The number of likely N-dealkylation sites (tertiary alicyclic amines) is 1. The highest BCUT2D eigenvalue weighted by Crippen LogP contribution is 2.14. The Hall–Kier alpha value is -1.80. The third kappa shape index (κ3) is 4.33. The molecule has 1 aliphatic heterocycles. The number of rotatable bonds is 2. The van der Waals surface area contributed by atoms with Crippen LogP contribution in [0.4, 0.5) is 0 Å². The lowest BCUT2D eigenvalue weighted by molar-refractivity contribution is -0.126. The van der Waals surface area contributed by atoms with Gasteiger partial charge in [0.05, 0.1) is 0 Å². The van der Waals surface area contributed by atoms with Crippen LogP contribution in [0.5, 0.6) is 0 Å². The largest absolute Gasteiger partial charge is 0.348 e. The van der Waals surface area contributed by atoms with Crippen LogP contribution in [0.3, 0.4) is 0 Å². The van der Waals surface area contributed by atoms with E-state index >= 15 is 0 Å². The van der Waals surface area contributed by atoms with Gasteiger partial charge in [0.1, 0.15) is 0 Å². The first kappa shape index (κ1) is 15.6. The fourth-order valence-electron chi connectivity index (χ4n) is 2.36. The van der Waals surface area contributed by atoms with Gasteiger partial charge in [0.25, 0.3) is 11.8 Å². The zero-order chi connectivity index (χ0) is 15.2. The van der Waals surface area contributed by atoms with E-state index in [1.807, 2.05) is 12.1 Å². The molecule has 0 bridgehead atoms. The monoisotopic (exact) mass is 348 g/mol. The molecule has 1 fully saturated rings. The van der Waals surface area contributed by atoms with E-state index in [0.29, 0.717) is 18.7 Å². The van der Waals surface area contributed by atoms with Crippen LogP contribution >= 0.6 is 15.9 Å². The van der Waals surface area contributed by atoms with Crippen molar-refractivity contribution in [3.05, 3.63) is 34.3 Å². The lowest BCUT2D eigenvalue weighted by Gasteiger charge is -2.32. The Balaban J connectivity index is 1.97. The molecular weight excluding hydrogens is 332 g/mol. The first-order valence-electron chi connectivity index (χ1n) is 6.88. The molecule has 1 heterocycles. The van der Waals surface area contributed by atoms with Crippen LogP contribution in [0.2, 0.25) is 0 Å². The topological polar surface area (TPSA) is 49.4 Å². The molecule has 1 aromatic rings. The molecular formula is C16H17BrN2O2. The van der Waals surface area contributed by atoms with E-state index in [9.17, 15) is 9.59 Å². The second kappa shape index (κ2) is 7.28. The molecule has 0 radical (unpaired) electrons. The Morgan fingerprint density at radius 2 is 2.24 bits per heavy atom. The zero-order valence-electron chi connectivity index (χ0n) is 11.9. The normalized spacial score (nSPS) is 17.6. The number of nitrogens with zero attached hydrogens (tertiary/aromatic N) is 1. The van der Waals surface area contributed by atoms with Crippen molar-refractivity contribution in [2.24, 2.45) is 0 Å². The maximum absolute atomic E-state index is 12.2. The molecule has 2 amide bonds. The van der Waals surface area contributed by atoms with Gasteiger partial charge in [0.2, 0.25) is 0 Å². The fraction of sp³-hybridized carbons (Fsp3) is 0.375. The average Bonchev–Trinajstić information content (AvgIpc) is 2.48. The molecule has 0 spiro atoms. The van der Waals surface area contributed by atoms with Crippen LogP contribution in [0.25, 0.3) is 0 Å². The molecule has 0 saturated carbocycles. The highest BCUT2D eigenvalue weighted by molar-refractivity contribution is 9.10. The van der Waals surface area contributed by atoms with E-state index in [1.165, 1.54) is 0 Å². The van der Waals surface area contributed by atoms with E-state index in [-0.39, 0.29) is 17.9 Å². The highest BCUT2D eigenvalue weighted by atomic mass is 79.9. The van der Waals surface area contributed by atoms with Crippen molar-refractivity contribution in [3.63, 3.8) is 0 Å². The second-order valence-corrected chi connectivity index (χ2v) is 5.86. The van der Waals surface area contributed by atoms with Gasteiger partial charge in [-0.05, 0) is 43.9 Å². The van der Waals surface area contributed by atoms with Gasteiger partial charge in [-0.3, -0.25) is 9.59 Å². The van der Waals surface area contributed by atoms with Crippen LogP contribution < -0.4 is 5.32 Å². The molecule has 110 valence electrons. The van der Waals surface area contributed by atoms with Crippen molar-refractivity contribution in [1.82, 2.24) is 10.2 Å². The van der Waals surface area contributed by atoms with Crippen molar-refractivity contribution in [3.8, 4) is 11.8 Å². The number of carbonyl (C=O) groups excluding carboxylic acids is 2. The number of halogens is 1. The average molecular weight is 349 g/mol. The van der Waals surface area contributed by atoms with Gasteiger partial charge in [0, 0.05) is 29.2 Å². The van der Waals surface area contributed by atoms with E-state index < -0.39 is 0 Å². The fourth-order valence-corrected chi connectivity index (χ4v) is 2.76. The van der Waals surface area contributed by atoms with Crippen molar-refractivity contribution in [1.29, 1.82) is 0 Å². The standard InChI is InChI=1S/C16H17BrN2O2/c1-2-5-15(20)19-9-4-8-14(11-19)18-16(21)12-6-3-7-13(17)10-12/h3,6-7,10,14H,4,8-9,11H2,1H3,(H,18,21). The second-order valence-electron chi connectivity index (χ2n) is 4.95. The minimum Gasteiger partial charge on any atom is -0.348 e. The van der Waals surface area contributed by atoms with Gasteiger partial charge in [-0.1, -0.05) is 27.9 Å². The van der Waals surface area contributed by atoms with Gasteiger partial charge in [-0.2, -0.15) is 0 Å². The van der Waals surface area contributed by atoms with Gasteiger partial charge >= 0.3 is 0 Å². The summed E-state index contributed by atoms with van der Waals surface area (Å²) in [7, 11) is 0. The number of piperidine rings is 1. The van der Waals surface area contributed by atoms with Crippen LogP contribution in [0.1, 0.15) is 30.1 Å². The maximum Gasteiger partial charge on any atom is 0.298 e. The summed E-state index contributed by atoms with van der Waals surface area (Å²) < 4.78 is 0.869. The van der Waals surface area contributed by atoms with E-state index in [1.54, 1.807) is 24.0 Å². The third-order valence-electron chi connectivity index (χ3n) is 3.36. The summed E-state index contributed by atoms with van der Waals surface area (Å²) in [4.78, 5) is 25.7. The SMILES string of the molecule is CC#CC(=O)N1CCCC(NC(=O)c2cccc(Br)c2)C1. The summed E-state index contributed by atoms with van der Waals surface area (Å²) in [5, 5.41) is 2.99. The number of hydrogen-bond acceptors (Lipinski definition) is 2. The quantitative estimate of drug-likeness (QED) is 0.833. The Bertz CT molecular complexity index is 604. The summed E-state index contributed by atoms with van der Waals surface area (Å²) in [5.74, 6) is 4.88. The lowest BCUT2D eigenvalue weighted by Crippen LogP contribution is -2.49. The van der Waals surface area contributed by atoms with E-state index in [0.717, 1.165) is 17.3 Å². The van der Waals surface area contributed by atoms with E-state index in [4.69, 9.17) is 0 Å². The minimum absolute atomic E-state index is 0.0205. The van der Waals surface area contributed by atoms with Gasteiger partial charge in [0.15, 0.2) is 0 Å². The number of carbonyl (C=O) groups is 2. The predicted molar refractivity (Wildman–Crippen MR) is 84.7 cm³/mol. The molecule has 5 heteroatoms. The number of amides is 2. The molecule has 1 atom stereocenters. The van der Waals surface area contributed by atoms with Crippen LogP contribution in [0, 0.1) is 11.8 Å². The molecule has 1 unspecified atom stereocenters. The lowest BCUT2D eigenvalue weighted by atomic mass is 10.0. The number of nitrogens with one attached hydrogen (secondary N) is 1. The Kier molecular flexibility index (Phi) is 5.40. The summed E-state index contributed by atoms with van der Waals surface area (Å²) in [6, 6.07) is 7.24. The Morgan fingerprint density at radius 3 is 2.95 bits per heavy atom. The molecule has 2 rings (SSSR count). The minimum atomic E-state index is -0.168. The van der Waals surface area contributed by atoms with Crippen LogP contribution in [0.15, 0.2) is 28.7 Å². The summed E-state index contributed by atoms with van der Waals surface area (Å²) in [5.41, 5.74) is 0.612. The van der Waals surface area contributed by atoms with Crippen LogP contribution in [-0.2, 0) is 4.79 Å². The molecule has 0 aromatic heterocycles. The Morgan fingerprint density at radius 1 is 1.43 bits per heavy atom. The summed E-state index contributed by atoms with van der Waals surface area (Å²) in [6.45, 7) is 2.87. The molecule has 21 heavy (non-hydrogen) atoms. The summed E-state index contributed by atoms with van der Waals surface area (Å²) in [6.07, 6.45) is 1.75. The Labute approximate surface area is 133 Å². The van der Waals surface area contributed by atoms with Gasteiger partial charge in [-0.15, -0.1) is 0 Å². The smallest absolute Gasteiger partial charge is 0.298 e. The number of benzene rings is 1. The van der Waals surface area contributed by atoms with Crippen LogP contribution in [-0.4, -0.2) is 35.8 Å². The van der Waals surface area contributed by atoms with Crippen molar-refractivity contribution >= 4 is 27.7 Å². The predicted octanol–water partition coefficient (Wildman–Crippen LogP) is 2.19. The van der Waals surface area contributed by atoms with Crippen molar-refractivity contribution < 1.29 is 9.59 Å². The molecule has 1 aromatic carbocycles. The summed E-state index contributed by atoms with van der Waals surface area (Å²) >= 11 is 3.35. The number of hydrogen-bond donors (Lipinski definition) is 1. The third-order valence-corrected chi connectivity index (χ3v) is 3.86. The molecule has 1 aliphatic rings. The maximum atomic E-state index is 12.2. The first-order chi connectivity index (χ1) is 10.1. The van der Waals surface area contributed by atoms with E-state index in [2.05, 4.69) is 33.1 Å². The zero-order valence-corrected chi connectivity index (χ0v) is 13.4. The van der Waals surface area contributed by atoms with Crippen molar-refractivity contribution in [2.45, 2.75) is 25.8 Å². The molecule has 4 nitrogen and oxygen atoms in total. The molecule has 0 aliphatic carbocycles. The van der Waals surface area contributed by atoms with Gasteiger partial charge < -0.3 is 10.2 Å².